The van der Waals surface area contributed by atoms with Crippen molar-refractivity contribution in [2.75, 3.05) is 0 Å². The van der Waals surface area contributed by atoms with Crippen molar-refractivity contribution in [1.82, 2.24) is 0 Å². The molecule has 0 fully saturated rings. The lowest BCUT2D eigenvalue weighted by Crippen LogP contribution is -2.21. The molecule has 4 nitrogen and oxygen atoms in total. The first kappa shape index (κ1) is 11.8. The lowest BCUT2D eigenvalue weighted by molar-refractivity contribution is -0.274. The average Bonchev–Trinajstić information content (AvgIpc) is 2.15. The SMILES string of the molecule is N#Cc1cccc(C(N)=O)c1OC(F)(F)F. The summed E-state index contributed by atoms with van der Waals surface area (Å²) in [7, 11) is 0. The van der Waals surface area contributed by atoms with Gasteiger partial charge in [-0.05, 0) is 12.1 Å². The van der Waals surface area contributed by atoms with E-state index in [1.54, 1.807) is 0 Å². The van der Waals surface area contributed by atoms with Crippen LogP contribution < -0.4 is 10.5 Å². The Morgan fingerprint density at radius 2 is 2.06 bits per heavy atom. The van der Waals surface area contributed by atoms with Crippen molar-refractivity contribution < 1.29 is 22.7 Å². The highest BCUT2D eigenvalue weighted by molar-refractivity contribution is 5.96. The fraction of sp³-hybridized carbons (Fsp3) is 0.111. The van der Waals surface area contributed by atoms with E-state index in [1.165, 1.54) is 12.1 Å². The third-order valence-electron chi connectivity index (χ3n) is 1.62. The van der Waals surface area contributed by atoms with Crippen LogP contribution in [0.2, 0.25) is 0 Å². The molecule has 7 heteroatoms. The Kier molecular flexibility index (Phi) is 3.04. The first-order valence-electron chi connectivity index (χ1n) is 3.94. The molecule has 84 valence electrons. The van der Waals surface area contributed by atoms with Gasteiger partial charge in [-0.15, -0.1) is 13.2 Å². The van der Waals surface area contributed by atoms with Gasteiger partial charge in [0.2, 0.25) is 0 Å². The van der Waals surface area contributed by atoms with E-state index < -0.39 is 29.1 Å². The fourth-order valence-corrected chi connectivity index (χ4v) is 1.04. The fourth-order valence-electron chi connectivity index (χ4n) is 1.04. The largest absolute Gasteiger partial charge is 0.573 e. The van der Waals surface area contributed by atoms with Crippen molar-refractivity contribution in [1.29, 1.82) is 5.26 Å². The third kappa shape index (κ3) is 2.63. The van der Waals surface area contributed by atoms with E-state index in [4.69, 9.17) is 11.0 Å². The summed E-state index contributed by atoms with van der Waals surface area (Å²) in [6.07, 6.45) is -4.99. The van der Waals surface area contributed by atoms with Crippen molar-refractivity contribution in [2.24, 2.45) is 5.73 Å². The molecule has 0 saturated heterocycles. The molecule has 0 aromatic heterocycles. The number of nitrogens with two attached hydrogens (primary N) is 1. The number of ether oxygens (including phenoxy) is 1. The number of para-hydroxylation sites is 1. The van der Waals surface area contributed by atoms with Gasteiger partial charge in [-0.3, -0.25) is 4.79 Å². The zero-order chi connectivity index (χ0) is 12.3. The van der Waals surface area contributed by atoms with E-state index in [1.807, 2.05) is 0 Å². The zero-order valence-electron chi connectivity index (χ0n) is 7.71. The standard InChI is InChI=1S/C9H5F3N2O2/c10-9(11,12)16-7-5(4-13)2-1-3-6(7)8(14)15/h1-3H,(H2,14,15). The topological polar surface area (TPSA) is 76.1 Å². The normalized spacial score (nSPS) is 10.6. The number of benzene rings is 1. The van der Waals surface area contributed by atoms with Gasteiger partial charge in [0.15, 0.2) is 5.75 Å². The maximum Gasteiger partial charge on any atom is 0.573 e. The smallest absolute Gasteiger partial charge is 0.404 e. The summed E-state index contributed by atoms with van der Waals surface area (Å²) in [6.45, 7) is 0. The first-order chi connectivity index (χ1) is 7.35. The molecule has 0 heterocycles. The van der Waals surface area contributed by atoms with Crippen molar-refractivity contribution in [2.45, 2.75) is 6.36 Å². The van der Waals surface area contributed by atoms with Gasteiger partial charge >= 0.3 is 6.36 Å². The predicted octanol–water partition coefficient (Wildman–Crippen LogP) is 1.56. The third-order valence-corrected chi connectivity index (χ3v) is 1.62. The summed E-state index contributed by atoms with van der Waals surface area (Å²) >= 11 is 0. The zero-order valence-corrected chi connectivity index (χ0v) is 7.71. The number of primary amides is 1. The van der Waals surface area contributed by atoms with Crippen LogP contribution in [0, 0.1) is 11.3 Å². The van der Waals surface area contributed by atoms with E-state index in [2.05, 4.69) is 4.74 Å². The van der Waals surface area contributed by atoms with Crippen LogP contribution in [-0.2, 0) is 0 Å². The molecular formula is C9H5F3N2O2. The van der Waals surface area contributed by atoms with Gasteiger partial charge in [-0.25, -0.2) is 0 Å². The number of halogens is 3. The number of hydrogen-bond acceptors (Lipinski definition) is 3. The Bertz CT molecular complexity index is 463. The number of alkyl halides is 3. The predicted molar refractivity (Wildman–Crippen MR) is 46.4 cm³/mol. The number of amides is 1. The second-order valence-corrected chi connectivity index (χ2v) is 2.71. The monoisotopic (exact) mass is 230 g/mol. The minimum Gasteiger partial charge on any atom is -0.404 e. The van der Waals surface area contributed by atoms with Crippen LogP contribution >= 0.6 is 0 Å². The number of carbonyl (C=O) groups is 1. The van der Waals surface area contributed by atoms with Gasteiger partial charge in [-0.1, -0.05) is 6.07 Å². The Morgan fingerprint density at radius 1 is 1.44 bits per heavy atom. The number of carbonyl (C=O) groups excluding carboxylic acids is 1. The van der Waals surface area contributed by atoms with Crippen LogP contribution in [0.25, 0.3) is 0 Å². The van der Waals surface area contributed by atoms with Crippen LogP contribution in [0.3, 0.4) is 0 Å². The van der Waals surface area contributed by atoms with Gasteiger partial charge in [0.1, 0.15) is 6.07 Å². The minimum absolute atomic E-state index is 0.409. The minimum atomic E-state index is -4.99. The summed E-state index contributed by atoms with van der Waals surface area (Å²) in [5.41, 5.74) is 3.96. The van der Waals surface area contributed by atoms with Crippen LogP contribution in [0.1, 0.15) is 15.9 Å². The Morgan fingerprint density at radius 3 is 2.50 bits per heavy atom. The Hall–Kier alpha value is -2.23. The van der Waals surface area contributed by atoms with E-state index >= 15 is 0 Å². The van der Waals surface area contributed by atoms with E-state index in [0.717, 1.165) is 12.1 Å². The van der Waals surface area contributed by atoms with Gasteiger partial charge in [0.05, 0.1) is 11.1 Å². The molecule has 0 aliphatic rings. The molecule has 0 bridgehead atoms. The molecular weight excluding hydrogens is 225 g/mol. The van der Waals surface area contributed by atoms with E-state index in [9.17, 15) is 18.0 Å². The van der Waals surface area contributed by atoms with Crippen LogP contribution in [0.15, 0.2) is 18.2 Å². The summed E-state index contributed by atoms with van der Waals surface area (Å²) in [6, 6.07) is 4.86. The van der Waals surface area contributed by atoms with E-state index in [0.29, 0.717) is 0 Å². The second kappa shape index (κ2) is 4.10. The molecule has 1 aromatic carbocycles. The highest BCUT2D eigenvalue weighted by Crippen LogP contribution is 2.29. The number of nitrogens with zero attached hydrogens (tertiary/aromatic N) is 1. The summed E-state index contributed by atoms with van der Waals surface area (Å²) in [5.74, 6) is -1.97. The van der Waals surface area contributed by atoms with Crippen molar-refractivity contribution in [3.8, 4) is 11.8 Å². The van der Waals surface area contributed by atoms with Gasteiger partial charge in [0.25, 0.3) is 5.91 Å². The van der Waals surface area contributed by atoms with E-state index in [-0.39, 0.29) is 0 Å². The summed E-state index contributed by atoms with van der Waals surface area (Å²) in [5, 5.41) is 8.57. The molecule has 0 aliphatic heterocycles. The molecule has 0 spiro atoms. The molecule has 2 N–H and O–H groups in total. The number of hydrogen-bond donors (Lipinski definition) is 1. The maximum absolute atomic E-state index is 12.0. The first-order valence-corrected chi connectivity index (χ1v) is 3.94. The lowest BCUT2D eigenvalue weighted by atomic mass is 10.1. The second-order valence-electron chi connectivity index (χ2n) is 2.71. The Labute approximate surface area is 88.0 Å². The van der Waals surface area contributed by atoms with Crippen LogP contribution in [-0.4, -0.2) is 12.3 Å². The van der Waals surface area contributed by atoms with Crippen molar-refractivity contribution in [3.63, 3.8) is 0 Å². The molecule has 1 amide bonds. The van der Waals surface area contributed by atoms with Crippen LogP contribution in [0.5, 0.6) is 5.75 Å². The molecule has 1 aromatic rings. The molecule has 1 rings (SSSR count). The molecule has 0 unspecified atom stereocenters. The van der Waals surface area contributed by atoms with Crippen molar-refractivity contribution >= 4 is 5.91 Å². The highest BCUT2D eigenvalue weighted by Gasteiger charge is 2.34. The summed E-state index contributed by atoms with van der Waals surface area (Å²) < 4.78 is 39.6. The lowest BCUT2D eigenvalue weighted by Gasteiger charge is -2.12. The average molecular weight is 230 g/mol. The molecule has 0 radical (unpaired) electrons. The Balaban J connectivity index is 3.32. The molecule has 0 aliphatic carbocycles. The molecule has 0 atom stereocenters. The number of rotatable bonds is 2. The molecule has 0 saturated carbocycles. The highest BCUT2D eigenvalue weighted by atomic mass is 19.4. The van der Waals surface area contributed by atoms with Crippen molar-refractivity contribution in [3.05, 3.63) is 29.3 Å². The van der Waals surface area contributed by atoms with Gasteiger partial charge < -0.3 is 10.5 Å². The van der Waals surface area contributed by atoms with Gasteiger partial charge in [0, 0.05) is 0 Å². The maximum atomic E-state index is 12.0. The molecule has 16 heavy (non-hydrogen) atoms. The number of nitriles is 1. The quantitative estimate of drug-likeness (QED) is 0.837. The van der Waals surface area contributed by atoms with Gasteiger partial charge in [-0.2, -0.15) is 5.26 Å². The van der Waals surface area contributed by atoms with Crippen LogP contribution in [0.4, 0.5) is 13.2 Å². The summed E-state index contributed by atoms with van der Waals surface area (Å²) in [4.78, 5) is 10.8.